The molecule has 7 nitrogen and oxygen atoms in total. The molecule has 0 amide bonds. The van der Waals surface area contributed by atoms with Crippen molar-refractivity contribution in [1.82, 2.24) is 10.1 Å². The molecule has 0 N–H and O–H groups in total. The first-order valence-corrected chi connectivity index (χ1v) is 8.51. The molecule has 3 rings (SSSR count). The van der Waals surface area contributed by atoms with Crippen molar-refractivity contribution in [3.05, 3.63) is 53.2 Å². The van der Waals surface area contributed by atoms with Crippen LogP contribution in [0.4, 0.5) is 0 Å². The molecule has 2 heterocycles. The number of nitrogens with zero attached hydrogens (tertiary/aromatic N) is 2. The Morgan fingerprint density at radius 2 is 2.15 bits per heavy atom. The maximum Gasteiger partial charge on any atom is 0.330 e. The van der Waals surface area contributed by atoms with Crippen LogP contribution in [0, 0.1) is 0 Å². The molecule has 0 saturated heterocycles. The van der Waals surface area contributed by atoms with Gasteiger partial charge in [0.15, 0.2) is 18.1 Å². The summed E-state index contributed by atoms with van der Waals surface area (Å²) >= 11 is 1.53. The van der Waals surface area contributed by atoms with Gasteiger partial charge < -0.3 is 18.7 Å². The van der Waals surface area contributed by atoms with Crippen LogP contribution in [-0.4, -0.2) is 30.3 Å². The van der Waals surface area contributed by atoms with Crippen molar-refractivity contribution >= 4 is 23.4 Å². The van der Waals surface area contributed by atoms with Gasteiger partial charge in [-0.25, -0.2) is 4.79 Å². The van der Waals surface area contributed by atoms with Gasteiger partial charge in [0.25, 0.3) is 5.89 Å². The first kappa shape index (κ1) is 17.7. The third-order valence-corrected chi connectivity index (χ3v) is 4.23. The summed E-state index contributed by atoms with van der Waals surface area (Å²) in [4.78, 5) is 16.4. The summed E-state index contributed by atoms with van der Waals surface area (Å²) in [5.41, 5.74) is 0.775. The average molecular weight is 372 g/mol. The molecule has 0 radical (unpaired) electrons. The van der Waals surface area contributed by atoms with Gasteiger partial charge >= 0.3 is 5.97 Å². The van der Waals surface area contributed by atoms with Crippen molar-refractivity contribution in [1.29, 1.82) is 0 Å². The minimum Gasteiger partial charge on any atom is -0.493 e. The normalized spacial score (nSPS) is 10.8. The summed E-state index contributed by atoms with van der Waals surface area (Å²) in [6.07, 6.45) is 2.96. The van der Waals surface area contributed by atoms with E-state index in [1.807, 2.05) is 17.5 Å². The molecule has 0 bridgehead atoms. The lowest BCUT2D eigenvalue weighted by Crippen LogP contribution is -1.98. The molecular formula is C18H16N2O5S. The van der Waals surface area contributed by atoms with Crippen LogP contribution in [-0.2, 0) is 16.1 Å². The molecule has 8 heteroatoms. The van der Waals surface area contributed by atoms with Crippen molar-refractivity contribution in [2.24, 2.45) is 0 Å². The number of carbonyl (C=O) groups excluding carboxylic acids is 1. The fourth-order valence-corrected chi connectivity index (χ4v) is 2.75. The highest BCUT2D eigenvalue weighted by Crippen LogP contribution is 2.29. The lowest BCUT2D eigenvalue weighted by molar-refractivity contribution is -0.134. The number of methoxy groups -OCH3 is 2. The average Bonchev–Trinajstić information content (AvgIpc) is 3.36. The molecule has 3 aromatic rings. The van der Waals surface area contributed by atoms with Crippen molar-refractivity contribution < 1.29 is 23.5 Å². The number of carbonyl (C=O) groups is 1. The largest absolute Gasteiger partial charge is 0.493 e. The van der Waals surface area contributed by atoms with Crippen molar-refractivity contribution in [2.45, 2.75) is 6.61 Å². The van der Waals surface area contributed by atoms with Gasteiger partial charge in [0.2, 0.25) is 5.82 Å². The lowest BCUT2D eigenvalue weighted by Gasteiger charge is -2.09. The number of rotatable bonds is 7. The third kappa shape index (κ3) is 4.28. The van der Waals surface area contributed by atoms with Gasteiger partial charge in [0.1, 0.15) is 0 Å². The molecule has 0 aliphatic carbocycles. The Balaban J connectivity index is 1.68. The number of hydrogen-bond donors (Lipinski definition) is 0. The first-order valence-electron chi connectivity index (χ1n) is 7.63. The van der Waals surface area contributed by atoms with Crippen LogP contribution in [0.3, 0.4) is 0 Å². The van der Waals surface area contributed by atoms with Crippen LogP contribution in [0.15, 0.2) is 46.3 Å². The molecule has 2 aromatic heterocycles. The van der Waals surface area contributed by atoms with E-state index in [1.54, 1.807) is 24.3 Å². The molecular weight excluding hydrogens is 356 g/mol. The molecule has 0 aliphatic heterocycles. The fourth-order valence-electron chi connectivity index (χ4n) is 2.10. The van der Waals surface area contributed by atoms with Gasteiger partial charge in [-0.05, 0) is 35.2 Å². The number of benzene rings is 1. The fraction of sp³-hybridized carbons (Fsp3) is 0.167. The maximum absolute atomic E-state index is 11.2. The number of aromatic nitrogens is 2. The van der Waals surface area contributed by atoms with Crippen LogP contribution in [0.2, 0.25) is 0 Å². The minimum atomic E-state index is -0.428. The number of ether oxygens (including phenoxy) is 3. The second-order valence-corrected chi connectivity index (χ2v) is 5.99. The van der Waals surface area contributed by atoms with E-state index in [1.165, 1.54) is 31.6 Å². The quantitative estimate of drug-likeness (QED) is 0.463. The van der Waals surface area contributed by atoms with E-state index >= 15 is 0 Å². The van der Waals surface area contributed by atoms with E-state index in [0.717, 1.165) is 10.4 Å². The summed E-state index contributed by atoms with van der Waals surface area (Å²) in [5, 5.41) is 5.88. The van der Waals surface area contributed by atoms with E-state index in [4.69, 9.17) is 14.0 Å². The number of hydrogen-bond acceptors (Lipinski definition) is 8. The van der Waals surface area contributed by atoms with Gasteiger partial charge in [-0.1, -0.05) is 17.3 Å². The predicted molar refractivity (Wildman–Crippen MR) is 96.0 cm³/mol. The summed E-state index contributed by atoms with van der Waals surface area (Å²) in [6, 6.07) is 9.13. The van der Waals surface area contributed by atoms with Crippen LogP contribution in [0.25, 0.3) is 16.8 Å². The van der Waals surface area contributed by atoms with E-state index in [0.29, 0.717) is 23.2 Å². The molecule has 134 valence electrons. The van der Waals surface area contributed by atoms with Crippen LogP contribution in [0.1, 0.15) is 11.5 Å². The van der Waals surface area contributed by atoms with E-state index < -0.39 is 5.97 Å². The zero-order chi connectivity index (χ0) is 18.4. The molecule has 0 aliphatic rings. The molecule has 1 aromatic carbocycles. The van der Waals surface area contributed by atoms with Gasteiger partial charge in [-0.2, -0.15) is 4.98 Å². The SMILES string of the molecule is COC(=O)/C=C/c1ccc(OCc2nc(-c3cccs3)no2)c(OC)c1. The topological polar surface area (TPSA) is 83.7 Å². The van der Waals surface area contributed by atoms with E-state index in [-0.39, 0.29) is 6.61 Å². The summed E-state index contributed by atoms with van der Waals surface area (Å²) in [7, 11) is 2.86. The van der Waals surface area contributed by atoms with Crippen molar-refractivity contribution in [2.75, 3.05) is 14.2 Å². The highest BCUT2D eigenvalue weighted by Gasteiger charge is 2.12. The predicted octanol–water partition coefficient (Wildman–Crippen LogP) is 3.57. The maximum atomic E-state index is 11.2. The molecule has 0 atom stereocenters. The van der Waals surface area contributed by atoms with Crippen LogP contribution in [0.5, 0.6) is 11.5 Å². The first-order chi connectivity index (χ1) is 12.7. The van der Waals surface area contributed by atoms with Crippen molar-refractivity contribution in [3.63, 3.8) is 0 Å². The molecule has 0 fully saturated rings. The summed E-state index contributed by atoms with van der Waals surface area (Å²) < 4.78 is 20.8. The summed E-state index contributed by atoms with van der Waals surface area (Å²) in [5.74, 6) is 1.52. The molecule has 0 spiro atoms. The van der Waals surface area contributed by atoms with Crippen LogP contribution < -0.4 is 9.47 Å². The second kappa shape index (κ2) is 8.30. The van der Waals surface area contributed by atoms with Gasteiger partial charge in [0.05, 0.1) is 19.1 Å². The van der Waals surface area contributed by atoms with E-state index in [9.17, 15) is 4.79 Å². The number of thiophene rings is 1. The Hall–Kier alpha value is -3.13. The van der Waals surface area contributed by atoms with Crippen LogP contribution >= 0.6 is 11.3 Å². The van der Waals surface area contributed by atoms with E-state index in [2.05, 4.69) is 14.9 Å². The molecule has 26 heavy (non-hydrogen) atoms. The third-order valence-electron chi connectivity index (χ3n) is 3.36. The Bertz CT molecular complexity index is 902. The van der Waals surface area contributed by atoms with Gasteiger partial charge in [-0.3, -0.25) is 0 Å². The standard InChI is InChI=1S/C18H16N2O5S/c1-22-14-10-12(6-8-17(21)23-2)5-7-13(14)24-11-16-19-18(20-25-16)15-4-3-9-26-15/h3-10H,11H2,1-2H3/b8-6+. The van der Waals surface area contributed by atoms with Crippen molar-refractivity contribution in [3.8, 4) is 22.2 Å². The Morgan fingerprint density at radius 1 is 1.27 bits per heavy atom. The second-order valence-electron chi connectivity index (χ2n) is 5.04. The van der Waals surface area contributed by atoms with Gasteiger partial charge in [0, 0.05) is 6.08 Å². The molecule has 0 unspecified atom stereocenters. The minimum absolute atomic E-state index is 0.117. The smallest absolute Gasteiger partial charge is 0.330 e. The lowest BCUT2D eigenvalue weighted by atomic mass is 10.2. The zero-order valence-corrected chi connectivity index (χ0v) is 15.0. The zero-order valence-electron chi connectivity index (χ0n) is 14.2. The Morgan fingerprint density at radius 3 is 2.88 bits per heavy atom. The summed E-state index contributed by atoms with van der Waals surface area (Å²) in [6.45, 7) is 0.117. The highest BCUT2D eigenvalue weighted by atomic mass is 32.1. The molecule has 0 saturated carbocycles. The van der Waals surface area contributed by atoms with Gasteiger partial charge in [-0.15, -0.1) is 11.3 Å². The highest BCUT2D eigenvalue weighted by molar-refractivity contribution is 7.13. The monoisotopic (exact) mass is 372 g/mol. The Labute approximate surface area is 153 Å². The number of esters is 1. The Kier molecular flexibility index (Phi) is 5.65.